The Morgan fingerprint density at radius 2 is 1.76 bits per heavy atom. The molecule has 4 rings (SSSR count). The molecule has 1 aromatic carbocycles. The van der Waals surface area contributed by atoms with Gasteiger partial charge in [-0.25, -0.2) is 14.6 Å². The summed E-state index contributed by atoms with van der Waals surface area (Å²) in [4.78, 5) is 13.2. The van der Waals surface area contributed by atoms with Crippen LogP contribution in [0.25, 0.3) is 22.6 Å². The summed E-state index contributed by atoms with van der Waals surface area (Å²) < 4.78 is 1.71. The van der Waals surface area contributed by atoms with Gasteiger partial charge in [0.15, 0.2) is 0 Å². The van der Waals surface area contributed by atoms with Gasteiger partial charge in [0.05, 0.1) is 41.5 Å². The van der Waals surface area contributed by atoms with E-state index in [1.54, 1.807) is 35.1 Å². The maximum atomic E-state index is 9.12. The van der Waals surface area contributed by atoms with E-state index in [-0.39, 0.29) is 5.95 Å². The van der Waals surface area contributed by atoms with Crippen molar-refractivity contribution in [3.8, 4) is 28.7 Å². The number of nitrogens with two attached hydrogens (primary N) is 1. The van der Waals surface area contributed by atoms with Crippen LogP contribution in [-0.2, 0) is 13.0 Å². The molecule has 0 fully saturated rings. The van der Waals surface area contributed by atoms with Gasteiger partial charge >= 0.3 is 0 Å². The Morgan fingerprint density at radius 1 is 0.966 bits per heavy atom. The molecule has 0 atom stereocenters. The fraction of sp³-hybridized carbons (Fsp3) is 0.143. The van der Waals surface area contributed by atoms with Crippen LogP contribution >= 0.6 is 0 Å². The van der Waals surface area contributed by atoms with Crippen molar-refractivity contribution in [3.63, 3.8) is 0 Å². The van der Waals surface area contributed by atoms with Crippen molar-refractivity contribution in [2.24, 2.45) is 0 Å². The van der Waals surface area contributed by atoms with Crippen molar-refractivity contribution in [1.29, 1.82) is 5.26 Å². The van der Waals surface area contributed by atoms with Gasteiger partial charge in [-0.1, -0.05) is 30.3 Å². The molecule has 0 amide bonds. The molecule has 3 heterocycles. The highest BCUT2D eigenvalue weighted by Gasteiger charge is 2.11. The lowest BCUT2D eigenvalue weighted by Gasteiger charge is -2.05. The molecule has 0 saturated heterocycles. The van der Waals surface area contributed by atoms with E-state index in [1.807, 2.05) is 24.3 Å². The minimum Gasteiger partial charge on any atom is -0.368 e. The summed E-state index contributed by atoms with van der Waals surface area (Å²) in [6, 6.07) is 17.0. The molecule has 0 aliphatic carbocycles. The van der Waals surface area contributed by atoms with E-state index in [2.05, 4.69) is 38.3 Å². The third-order valence-corrected chi connectivity index (χ3v) is 4.38. The van der Waals surface area contributed by atoms with Gasteiger partial charge in [0, 0.05) is 11.3 Å². The van der Waals surface area contributed by atoms with E-state index in [1.165, 1.54) is 0 Å². The predicted molar refractivity (Wildman–Crippen MR) is 108 cm³/mol. The van der Waals surface area contributed by atoms with E-state index < -0.39 is 0 Å². The Labute approximate surface area is 167 Å². The van der Waals surface area contributed by atoms with Gasteiger partial charge in [0.2, 0.25) is 5.95 Å². The molecule has 0 aliphatic heterocycles. The zero-order chi connectivity index (χ0) is 20.2. The lowest BCUT2D eigenvalue weighted by molar-refractivity contribution is 0.636. The fourth-order valence-corrected chi connectivity index (χ4v) is 2.97. The Hall–Kier alpha value is -4.12. The first-order chi connectivity index (χ1) is 14.1. The zero-order valence-corrected chi connectivity index (χ0v) is 15.8. The average molecular weight is 382 g/mol. The van der Waals surface area contributed by atoms with Crippen molar-refractivity contribution in [2.75, 3.05) is 5.73 Å². The highest BCUT2D eigenvalue weighted by atomic mass is 15.4. The molecule has 8 heteroatoms. The molecule has 3 aromatic heterocycles. The van der Waals surface area contributed by atoms with Crippen LogP contribution in [0.15, 0.2) is 54.7 Å². The monoisotopic (exact) mass is 382 g/mol. The lowest BCUT2D eigenvalue weighted by Crippen LogP contribution is -2.03. The molecule has 142 valence electrons. The van der Waals surface area contributed by atoms with E-state index in [9.17, 15) is 0 Å². The Balaban J connectivity index is 1.64. The van der Waals surface area contributed by atoms with Crippen LogP contribution < -0.4 is 5.73 Å². The lowest BCUT2D eigenvalue weighted by atomic mass is 10.1. The molecule has 29 heavy (non-hydrogen) atoms. The van der Waals surface area contributed by atoms with Gasteiger partial charge in [-0.3, -0.25) is 4.98 Å². The summed E-state index contributed by atoms with van der Waals surface area (Å²) in [5.41, 5.74) is 11.0. The highest BCUT2D eigenvalue weighted by Crippen LogP contribution is 2.24. The summed E-state index contributed by atoms with van der Waals surface area (Å²) in [6.07, 6.45) is 2.68. The summed E-state index contributed by atoms with van der Waals surface area (Å²) in [7, 11) is 0. The smallest absolute Gasteiger partial charge is 0.221 e. The number of benzene rings is 1. The van der Waals surface area contributed by atoms with Gasteiger partial charge in [-0.2, -0.15) is 5.26 Å². The van der Waals surface area contributed by atoms with Gasteiger partial charge < -0.3 is 5.73 Å². The van der Waals surface area contributed by atoms with Crippen LogP contribution in [0.5, 0.6) is 0 Å². The molecule has 8 nitrogen and oxygen atoms in total. The second kappa shape index (κ2) is 7.86. The topological polar surface area (TPSA) is 119 Å². The number of anilines is 1. The Bertz CT molecular complexity index is 1210. The Kier molecular flexibility index (Phi) is 4.95. The fourth-order valence-electron chi connectivity index (χ4n) is 2.97. The minimum absolute atomic E-state index is 0.131. The number of rotatable bonds is 5. The summed E-state index contributed by atoms with van der Waals surface area (Å²) >= 11 is 0. The first-order valence-electron chi connectivity index (χ1n) is 9.15. The van der Waals surface area contributed by atoms with Gasteiger partial charge in [-0.15, -0.1) is 5.10 Å². The quantitative estimate of drug-likeness (QED) is 0.563. The number of aryl methyl sites for hydroxylation is 1. The van der Waals surface area contributed by atoms with Crippen LogP contribution in [0.4, 0.5) is 5.95 Å². The molecular weight excluding hydrogens is 364 g/mol. The third-order valence-electron chi connectivity index (χ3n) is 4.38. The molecule has 4 aromatic rings. The van der Waals surface area contributed by atoms with Crippen molar-refractivity contribution < 1.29 is 0 Å². The standard InChI is InChI=1S/C21H18N8/c1-2-16-7-4-8-17(24-16)12-29-13-20(27-28-29)19-10-18(25-21(23)26-19)15-6-3-5-14(9-15)11-22/h3-10,13H,2,12H2,1H3,(H2,23,25,26). The van der Waals surface area contributed by atoms with E-state index in [0.29, 0.717) is 29.2 Å². The number of hydrogen-bond donors (Lipinski definition) is 1. The summed E-state index contributed by atoms with van der Waals surface area (Å²) in [5, 5.41) is 17.5. The Morgan fingerprint density at radius 3 is 2.59 bits per heavy atom. The van der Waals surface area contributed by atoms with Crippen LogP contribution in [0.1, 0.15) is 23.9 Å². The normalized spacial score (nSPS) is 10.6. The first-order valence-corrected chi connectivity index (χ1v) is 9.15. The molecule has 0 radical (unpaired) electrons. The van der Waals surface area contributed by atoms with Crippen molar-refractivity contribution >= 4 is 5.95 Å². The maximum absolute atomic E-state index is 9.12. The van der Waals surface area contributed by atoms with E-state index in [4.69, 9.17) is 11.0 Å². The molecule has 0 aliphatic rings. The second-order valence-electron chi connectivity index (χ2n) is 6.46. The second-order valence-corrected chi connectivity index (χ2v) is 6.46. The maximum Gasteiger partial charge on any atom is 0.221 e. The molecule has 0 saturated carbocycles. The third kappa shape index (κ3) is 4.09. The molecular formula is C21H18N8. The van der Waals surface area contributed by atoms with Crippen molar-refractivity contribution in [3.05, 3.63) is 71.7 Å². The van der Waals surface area contributed by atoms with Crippen LogP contribution in [0, 0.1) is 11.3 Å². The van der Waals surface area contributed by atoms with Crippen LogP contribution in [0.2, 0.25) is 0 Å². The van der Waals surface area contributed by atoms with Gasteiger partial charge in [0.25, 0.3) is 0 Å². The summed E-state index contributed by atoms with van der Waals surface area (Å²) in [6.45, 7) is 2.58. The molecule has 0 bridgehead atoms. The van der Waals surface area contributed by atoms with Crippen LogP contribution in [0.3, 0.4) is 0 Å². The number of aromatic nitrogens is 6. The van der Waals surface area contributed by atoms with E-state index >= 15 is 0 Å². The van der Waals surface area contributed by atoms with Crippen molar-refractivity contribution in [2.45, 2.75) is 19.9 Å². The molecule has 2 N–H and O–H groups in total. The number of pyridine rings is 1. The molecule has 0 unspecified atom stereocenters. The average Bonchev–Trinajstić information content (AvgIpc) is 3.22. The SMILES string of the molecule is CCc1cccc(Cn2cc(-c3cc(-c4cccc(C#N)c4)nc(N)n3)nn2)n1. The van der Waals surface area contributed by atoms with Gasteiger partial charge in [-0.05, 0) is 36.8 Å². The number of hydrogen-bond acceptors (Lipinski definition) is 7. The van der Waals surface area contributed by atoms with Gasteiger partial charge in [0.1, 0.15) is 5.69 Å². The number of nitriles is 1. The highest BCUT2D eigenvalue weighted by molar-refractivity contribution is 5.68. The number of nitrogens with zero attached hydrogens (tertiary/aromatic N) is 7. The van der Waals surface area contributed by atoms with Crippen LogP contribution in [-0.4, -0.2) is 29.9 Å². The number of nitrogen functional groups attached to an aromatic ring is 1. The minimum atomic E-state index is 0.131. The predicted octanol–water partition coefficient (Wildman–Crippen LogP) is 2.86. The van der Waals surface area contributed by atoms with Crippen molar-refractivity contribution in [1.82, 2.24) is 29.9 Å². The zero-order valence-electron chi connectivity index (χ0n) is 15.8. The van der Waals surface area contributed by atoms with E-state index in [0.717, 1.165) is 23.4 Å². The molecule has 0 spiro atoms. The largest absolute Gasteiger partial charge is 0.368 e. The summed E-state index contributed by atoms with van der Waals surface area (Å²) in [5.74, 6) is 0.131. The first kappa shape index (κ1) is 18.3.